The van der Waals surface area contributed by atoms with Crippen LogP contribution in [0.1, 0.15) is 5.56 Å². The third kappa shape index (κ3) is 5.93. The number of halogens is 1. The van der Waals surface area contributed by atoms with E-state index in [0.29, 0.717) is 29.4 Å². The van der Waals surface area contributed by atoms with E-state index in [-0.39, 0.29) is 12.5 Å². The van der Waals surface area contributed by atoms with Gasteiger partial charge in [-0.1, -0.05) is 23.7 Å². The molecule has 8 heteroatoms. The van der Waals surface area contributed by atoms with Crippen molar-refractivity contribution in [3.05, 3.63) is 59.1 Å². The van der Waals surface area contributed by atoms with Crippen LogP contribution < -0.4 is 14.4 Å². The first-order chi connectivity index (χ1) is 12.3. The van der Waals surface area contributed by atoms with Gasteiger partial charge >= 0.3 is 0 Å². The molecule has 0 aromatic heterocycles. The van der Waals surface area contributed by atoms with Crippen molar-refractivity contribution < 1.29 is 17.9 Å². The Labute approximate surface area is 158 Å². The Bertz CT molecular complexity index is 836. The highest BCUT2D eigenvalue weighted by molar-refractivity contribution is 7.92. The fourth-order valence-corrected chi connectivity index (χ4v) is 3.31. The first-order valence-electron chi connectivity index (χ1n) is 7.92. The number of sulfonamides is 1. The van der Waals surface area contributed by atoms with Crippen LogP contribution in [0.5, 0.6) is 5.75 Å². The highest BCUT2D eigenvalue weighted by Gasteiger charge is 2.20. The molecule has 2 aromatic rings. The van der Waals surface area contributed by atoms with E-state index in [1.54, 1.807) is 36.4 Å². The van der Waals surface area contributed by atoms with Crippen LogP contribution in [-0.4, -0.2) is 40.8 Å². The van der Waals surface area contributed by atoms with Crippen molar-refractivity contribution in [3.63, 3.8) is 0 Å². The van der Waals surface area contributed by atoms with E-state index >= 15 is 0 Å². The summed E-state index contributed by atoms with van der Waals surface area (Å²) >= 11 is 5.83. The molecule has 0 aliphatic rings. The lowest BCUT2D eigenvalue weighted by atomic mass is 10.1. The zero-order valence-corrected chi connectivity index (χ0v) is 16.2. The Kier molecular flexibility index (Phi) is 6.88. The van der Waals surface area contributed by atoms with E-state index in [0.717, 1.165) is 16.1 Å². The second-order valence-corrected chi connectivity index (χ2v) is 8.04. The fraction of sp³-hybridized carbons (Fsp3) is 0.278. The van der Waals surface area contributed by atoms with Gasteiger partial charge in [-0.05, 0) is 48.4 Å². The van der Waals surface area contributed by atoms with Crippen molar-refractivity contribution in [2.75, 3.05) is 30.8 Å². The summed E-state index contributed by atoms with van der Waals surface area (Å²) in [5.41, 5.74) is 1.44. The van der Waals surface area contributed by atoms with Crippen LogP contribution in [0.2, 0.25) is 5.02 Å². The standard InChI is InChI=1S/C18H21ClN2O4S/c1-25-17-9-7-16(8-10-17)21(26(2,23)24)13-18(22)20-12-11-14-3-5-15(19)6-4-14/h3-10H,11-13H2,1-2H3,(H,20,22). The number of nitrogens with zero attached hydrogens (tertiary/aromatic N) is 1. The van der Waals surface area contributed by atoms with Crippen molar-refractivity contribution in [2.45, 2.75) is 6.42 Å². The zero-order chi connectivity index (χ0) is 19.2. The summed E-state index contributed by atoms with van der Waals surface area (Å²) in [4.78, 5) is 12.2. The second-order valence-electron chi connectivity index (χ2n) is 5.69. The van der Waals surface area contributed by atoms with Crippen molar-refractivity contribution in [2.24, 2.45) is 0 Å². The molecule has 0 radical (unpaired) electrons. The molecule has 0 heterocycles. The molecule has 26 heavy (non-hydrogen) atoms. The smallest absolute Gasteiger partial charge is 0.240 e. The van der Waals surface area contributed by atoms with E-state index in [9.17, 15) is 13.2 Å². The summed E-state index contributed by atoms with van der Waals surface area (Å²) < 4.78 is 30.2. The molecule has 0 aliphatic carbocycles. The minimum Gasteiger partial charge on any atom is -0.497 e. The average Bonchev–Trinajstić information content (AvgIpc) is 2.60. The fourth-order valence-electron chi connectivity index (χ4n) is 2.33. The normalized spacial score (nSPS) is 11.0. The van der Waals surface area contributed by atoms with Gasteiger partial charge in [0.15, 0.2) is 0 Å². The first-order valence-corrected chi connectivity index (χ1v) is 10.1. The third-order valence-electron chi connectivity index (χ3n) is 3.70. The average molecular weight is 397 g/mol. The Morgan fingerprint density at radius 1 is 1.12 bits per heavy atom. The van der Waals surface area contributed by atoms with Crippen LogP contribution in [0.4, 0.5) is 5.69 Å². The molecule has 140 valence electrons. The number of carbonyl (C=O) groups is 1. The molecule has 0 aliphatic heterocycles. The van der Waals surface area contributed by atoms with Gasteiger partial charge in [-0.3, -0.25) is 9.10 Å². The zero-order valence-electron chi connectivity index (χ0n) is 14.6. The van der Waals surface area contributed by atoms with Crippen LogP contribution >= 0.6 is 11.6 Å². The summed E-state index contributed by atoms with van der Waals surface area (Å²) in [7, 11) is -2.07. The predicted octanol–water partition coefficient (Wildman–Crippen LogP) is 2.47. The molecule has 0 atom stereocenters. The topological polar surface area (TPSA) is 75.7 Å². The molecule has 0 saturated heterocycles. The Morgan fingerprint density at radius 2 is 1.73 bits per heavy atom. The number of ether oxygens (including phenoxy) is 1. The van der Waals surface area contributed by atoms with Crippen LogP contribution in [-0.2, 0) is 21.2 Å². The summed E-state index contributed by atoms with van der Waals surface area (Å²) in [6.07, 6.45) is 1.70. The number of carbonyl (C=O) groups excluding carboxylic acids is 1. The third-order valence-corrected chi connectivity index (χ3v) is 5.09. The minimum absolute atomic E-state index is 0.286. The van der Waals surface area contributed by atoms with Gasteiger partial charge in [0.25, 0.3) is 0 Å². The van der Waals surface area contributed by atoms with E-state index in [2.05, 4.69) is 5.32 Å². The predicted molar refractivity (Wildman–Crippen MR) is 103 cm³/mol. The molecule has 0 spiro atoms. The molecule has 2 aromatic carbocycles. The van der Waals surface area contributed by atoms with Crippen molar-refractivity contribution in [1.29, 1.82) is 0 Å². The van der Waals surface area contributed by atoms with Crippen LogP contribution in [0.25, 0.3) is 0 Å². The van der Waals surface area contributed by atoms with E-state index in [4.69, 9.17) is 16.3 Å². The van der Waals surface area contributed by atoms with Gasteiger partial charge in [-0.25, -0.2) is 8.42 Å². The van der Waals surface area contributed by atoms with Crippen LogP contribution in [0.15, 0.2) is 48.5 Å². The quantitative estimate of drug-likeness (QED) is 0.743. The van der Waals surface area contributed by atoms with Gasteiger partial charge in [0.2, 0.25) is 15.9 Å². The molecule has 1 N–H and O–H groups in total. The van der Waals surface area contributed by atoms with E-state index < -0.39 is 10.0 Å². The lowest BCUT2D eigenvalue weighted by Crippen LogP contribution is -2.40. The van der Waals surface area contributed by atoms with Gasteiger partial charge in [0.05, 0.1) is 19.1 Å². The molecule has 0 fully saturated rings. The summed E-state index contributed by atoms with van der Waals surface area (Å²) in [5, 5.41) is 3.39. The Hall–Kier alpha value is -2.25. The molecular formula is C18H21ClN2O4S. The Morgan fingerprint density at radius 3 is 2.27 bits per heavy atom. The SMILES string of the molecule is COc1ccc(N(CC(=O)NCCc2ccc(Cl)cc2)S(C)(=O)=O)cc1. The number of nitrogens with one attached hydrogen (secondary N) is 1. The largest absolute Gasteiger partial charge is 0.497 e. The molecule has 6 nitrogen and oxygen atoms in total. The van der Waals surface area contributed by atoms with Crippen molar-refractivity contribution in [1.82, 2.24) is 5.32 Å². The molecule has 1 amide bonds. The maximum Gasteiger partial charge on any atom is 0.240 e. The van der Waals surface area contributed by atoms with Crippen molar-refractivity contribution >= 4 is 33.2 Å². The lowest BCUT2D eigenvalue weighted by molar-refractivity contribution is -0.119. The number of rotatable bonds is 8. The van der Waals surface area contributed by atoms with Gasteiger partial charge in [0, 0.05) is 11.6 Å². The van der Waals surface area contributed by atoms with Gasteiger partial charge in [-0.2, -0.15) is 0 Å². The number of anilines is 1. The highest BCUT2D eigenvalue weighted by Crippen LogP contribution is 2.21. The summed E-state index contributed by atoms with van der Waals surface area (Å²) in [6, 6.07) is 13.8. The minimum atomic E-state index is -3.60. The van der Waals surface area contributed by atoms with Crippen LogP contribution in [0.3, 0.4) is 0 Å². The maximum absolute atomic E-state index is 12.2. The van der Waals surface area contributed by atoms with Crippen LogP contribution in [0, 0.1) is 0 Å². The number of hydrogen-bond donors (Lipinski definition) is 1. The number of amides is 1. The maximum atomic E-state index is 12.2. The van der Waals surface area contributed by atoms with Gasteiger partial charge in [-0.15, -0.1) is 0 Å². The van der Waals surface area contributed by atoms with E-state index in [1.165, 1.54) is 7.11 Å². The first kappa shape index (κ1) is 20.1. The summed E-state index contributed by atoms with van der Waals surface area (Å²) in [6.45, 7) is 0.118. The van der Waals surface area contributed by atoms with Gasteiger partial charge < -0.3 is 10.1 Å². The number of methoxy groups -OCH3 is 1. The Balaban J connectivity index is 1.96. The second kappa shape index (κ2) is 8.91. The van der Waals surface area contributed by atoms with Gasteiger partial charge in [0.1, 0.15) is 12.3 Å². The molecule has 0 unspecified atom stereocenters. The summed E-state index contributed by atoms with van der Waals surface area (Å²) in [5.74, 6) is 0.231. The van der Waals surface area contributed by atoms with Crippen molar-refractivity contribution in [3.8, 4) is 5.75 Å². The molecule has 0 saturated carbocycles. The lowest BCUT2D eigenvalue weighted by Gasteiger charge is -2.22. The van der Waals surface area contributed by atoms with E-state index in [1.807, 2.05) is 12.1 Å². The molecule has 2 rings (SSSR count). The monoisotopic (exact) mass is 396 g/mol. The molecule has 0 bridgehead atoms. The number of benzene rings is 2. The molecular weight excluding hydrogens is 376 g/mol. The number of hydrogen-bond acceptors (Lipinski definition) is 4. The highest BCUT2D eigenvalue weighted by atomic mass is 35.5.